The summed E-state index contributed by atoms with van der Waals surface area (Å²) in [7, 11) is 0. The van der Waals surface area contributed by atoms with Gasteiger partial charge in [0.25, 0.3) is 0 Å². The molecule has 15 heavy (non-hydrogen) atoms. The molecule has 0 saturated carbocycles. The van der Waals surface area contributed by atoms with E-state index in [-0.39, 0.29) is 4.48 Å². The lowest BCUT2D eigenvalue weighted by Gasteiger charge is -2.26. The Balaban J connectivity index is 2.69. The monoisotopic (exact) mass is 224 g/mol. The van der Waals surface area contributed by atoms with Crippen LogP contribution in [0.25, 0.3) is 6.08 Å². The zero-order valence-corrected chi connectivity index (χ0v) is 9.03. The summed E-state index contributed by atoms with van der Waals surface area (Å²) in [6.07, 6.45) is 0.776. The van der Waals surface area contributed by atoms with Crippen LogP contribution in [0.1, 0.15) is 12.5 Å². The number of hydrogen-bond donors (Lipinski definition) is 1. The third-order valence-corrected chi connectivity index (χ3v) is 3.19. The Morgan fingerprint density at radius 1 is 1.47 bits per heavy atom. The molecule has 0 radical (unpaired) electrons. The Hall–Kier alpha value is -1.32. The lowest BCUT2D eigenvalue weighted by atomic mass is 10.2. The van der Waals surface area contributed by atoms with E-state index >= 15 is 0 Å². The summed E-state index contributed by atoms with van der Waals surface area (Å²) in [4.78, 5) is 11.4. The summed E-state index contributed by atoms with van der Waals surface area (Å²) in [6, 6.07) is 7.37. The third-order valence-electron chi connectivity index (χ3n) is 2.79. The molecule has 1 atom stereocenters. The minimum atomic E-state index is -0.941. The van der Waals surface area contributed by atoms with E-state index in [0.717, 1.165) is 11.3 Å². The van der Waals surface area contributed by atoms with Gasteiger partial charge in [0.2, 0.25) is 5.16 Å². The molecule has 1 aliphatic heterocycles. The minimum Gasteiger partial charge on any atom is -0.435 e. The average molecular weight is 225 g/mol. The van der Waals surface area contributed by atoms with Crippen LogP contribution in [0.15, 0.2) is 29.4 Å². The number of carboxylic acid groups (broad SMARTS) is 1. The van der Waals surface area contributed by atoms with Crippen molar-refractivity contribution in [2.75, 3.05) is 6.54 Å². The first-order chi connectivity index (χ1) is 7.13. The number of nitrogens with zero attached hydrogens (tertiary/aromatic N) is 1. The number of fused-ring (bicyclic) bond motifs is 1. The van der Waals surface area contributed by atoms with Crippen molar-refractivity contribution in [3.8, 4) is 0 Å². The van der Waals surface area contributed by atoms with E-state index in [4.69, 9.17) is 11.6 Å². The lowest BCUT2D eigenvalue weighted by Crippen LogP contribution is -2.49. The second kappa shape index (κ2) is 3.36. The van der Waals surface area contributed by atoms with Gasteiger partial charge in [-0.1, -0.05) is 12.1 Å². The maximum atomic E-state index is 11.4. The van der Waals surface area contributed by atoms with Crippen LogP contribution in [0.2, 0.25) is 0 Å². The van der Waals surface area contributed by atoms with Crippen LogP contribution in [0, 0.1) is 0 Å². The van der Waals surface area contributed by atoms with Crippen LogP contribution in [-0.2, 0) is 0 Å². The molecule has 1 amide bonds. The maximum Gasteiger partial charge on any atom is 0.524 e. The van der Waals surface area contributed by atoms with E-state index in [1.165, 1.54) is 0 Å². The van der Waals surface area contributed by atoms with Gasteiger partial charge in [0.15, 0.2) is 5.69 Å². The van der Waals surface area contributed by atoms with Crippen molar-refractivity contribution < 1.29 is 9.90 Å². The molecule has 0 saturated heterocycles. The number of quaternary nitrogens is 1. The number of amides is 1. The van der Waals surface area contributed by atoms with Crippen molar-refractivity contribution in [1.82, 2.24) is 4.48 Å². The number of halogens is 1. The van der Waals surface area contributed by atoms with E-state index in [9.17, 15) is 9.90 Å². The van der Waals surface area contributed by atoms with Crippen molar-refractivity contribution in [3.63, 3.8) is 0 Å². The van der Waals surface area contributed by atoms with Gasteiger partial charge in [-0.3, -0.25) is 0 Å². The van der Waals surface area contributed by atoms with Crippen LogP contribution in [-0.4, -0.2) is 17.7 Å². The van der Waals surface area contributed by atoms with Crippen molar-refractivity contribution in [2.24, 2.45) is 0 Å². The number of rotatable bonds is 1. The highest BCUT2D eigenvalue weighted by molar-refractivity contribution is 6.35. The summed E-state index contributed by atoms with van der Waals surface area (Å²) in [5, 5.41) is 9.67. The van der Waals surface area contributed by atoms with Gasteiger partial charge < -0.3 is 5.11 Å². The first-order valence-corrected chi connectivity index (χ1v) is 5.09. The fourth-order valence-corrected chi connectivity index (χ4v) is 2.36. The van der Waals surface area contributed by atoms with E-state index in [0.29, 0.717) is 11.7 Å². The van der Waals surface area contributed by atoms with Crippen molar-refractivity contribution in [3.05, 3.63) is 35.0 Å². The molecule has 1 N–H and O–H groups in total. The van der Waals surface area contributed by atoms with Crippen LogP contribution < -0.4 is 4.48 Å². The molecule has 3 nitrogen and oxygen atoms in total. The van der Waals surface area contributed by atoms with Gasteiger partial charge in [0.05, 0.1) is 6.54 Å². The van der Waals surface area contributed by atoms with E-state index < -0.39 is 6.09 Å². The molecule has 0 unspecified atom stereocenters. The van der Waals surface area contributed by atoms with Crippen molar-refractivity contribution in [1.29, 1.82) is 0 Å². The van der Waals surface area contributed by atoms with E-state index in [2.05, 4.69) is 0 Å². The molecule has 0 aliphatic carbocycles. The van der Waals surface area contributed by atoms with Gasteiger partial charge in [0, 0.05) is 17.7 Å². The summed E-state index contributed by atoms with van der Waals surface area (Å²) in [5.41, 5.74) is 1.62. The van der Waals surface area contributed by atoms with Crippen LogP contribution in [0.4, 0.5) is 10.5 Å². The molecule has 1 aromatic carbocycles. The lowest BCUT2D eigenvalue weighted by molar-refractivity contribution is 0.164. The molecule has 78 valence electrons. The second-order valence-electron chi connectivity index (χ2n) is 3.43. The largest absolute Gasteiger partial charge is 0.524 e. The predicted molar refractivity (Wildman–Crippen MR) is 60.6 cm³/mol. The molecule has 1 heterocycles. The molecular weight excluding hydrogens is 214 g/mol. The van der Waals surface area contributed by atoms with E-state index in [1.54, 1.807) is 12.1 Å². The van der Waals surface area contributed by atoms with Gasteiger partial charge in [0.1, 0.15) is 0 Å². The fourth-order valence-electron chi connectivity index (χ4n) is 1.96. The predicted octanol–water partition coefficient (Wildman–Crippen LogP) is 3.24. The SMILES string of the molecule is CC[N@+]1(C(=O)O)C(Cl)=Cc2ccccc21. The summed E-state index contributed by atoms with van der Waals surface area (Å²) in [5.74, 6) is 0. The van der Waals surface area contributed by atoms with Gasteiger partial charge in [-0.2, -0.15) is 4.79 Å². The molecular formula is C11H11ClNO2+. The normalized spacial score (nSPS) is 23.5. The zero-order valence-electron chi connectivity index (χ0n) is 8.27. The fraction of sp³-hybridized carbons (Fsp3) is 0.182. The van der Waals surface area contributed by atoms with Gasteiger partial charge in [-0.25, -0.2) is 0 Å². The molecule has 0 bridgehead atoms. The summed E-state index contributed by atoms with van der Waals surface area (Å²) >= 11 is 6.05. The first kappa shape index (κ1) is 10.2. The number of para-hydroxylation sites is 1. The topological polar surface area (TPSA) is 37.3 Å². The highest BCUT2D eigenvalue weighted by atomic mass is 35.5. The molecule has 0 aromatic heterocycles. The molecule has 2 rings (SSSR count). The Labute approximate surface area is 92.8 Å². The molecule has 1 aliphatic rings. The van der Waals surface area contributed by atoms with Crippen LogP contribution in [0.3, 0.4) is 0 Å². The summed E-state index contributed by atoms with van der Waals surface area (Å²) in [6.45, 7) is 2.22. The zero-order chi connectivity index (χ0) is 11.1. The molecule has 0 spiro atoms. The van der Waals surface area contributed by atoms with Crippen LogP contribution in [0.5, 0.6) is 0 Å². The van der Waals surface area contributed by atoms with E-state index in [1.807, 2.05) is 25.1 Å². The minimum absolute atomic E-state index is 0.294. The van der Waals surface area contributed by atoms with Gasteiger partial charge in [-0.15, -0.1) is 4.48 Å². The Kier molecular flexibility index (Phi) is 2.29. The molecule has 1 aromatic rings. The maximum absolute atomic E-state index is 11.4. The molecule has 0 fully saturated rings. The first-order valence-electron chi connectivity index (χ1n) is 4.72. The van der Waals surface area contributed by atoms with Gasteiger partial charge >= 0.3 is 6.09 Å². The highest BCUT2D eigenvalue weighted by Gasteiger charge is 2.47. The summed E-state index contributed by atoms with van der Waals surface area (Å²) < 4.78 is -0.294. The Bertz CT molecular complexity index is 456. The quantitative estimate of drug-likeness (QED) is 0.587. The number of hydrogen-bond acceptors (Lipinski definition) is 1. The van der Waals surface area contributed by atoms with Crippen LogP contribution >= 0.6 is 11.6 Å². The second-order valence-corrected chi connectivity index (χ2v) is 3.82. The number of benzene rings is 1. The van der Waals surface area contributed by atoms with Crippen molar-refractivity contribution >= 4 is 29.5 Å². The standard InChI is InChI=1S/C11H10ClNO2/c1-2-13(11(14)15)9-6-4-3-5-8(9)7-10(13)12/h3-7H,2H2,1H3/p+1/t13-/m1/s1. The highest BCUT2D eigenvalue weighted by Crippen LogP contribution is 2.41. The smallest absolute Gasteiger partial charge is 0.435 e. The van der Waals surface area contributed by atoms with Gasteiger partial charge in [-0.05, 0) is 24.6 Å². The Morgan fingerprint density at radius 3 is 2.73 bits per heavy atom. The third kappa shape index (κ3) is 1.20. The van der Waals surface area contributed by atoms with Crippen molar-refractivity contribution in [2.45, 2.75) is 6.92 Å². The average Bonchev–Trinajstić information content (AvgIpc) is 2.50. The molecule has 4 heteroatoms. The number of carbonyl (C=O) groups is 1. The Morgan fingerprint density at radius 2 is 2.13 bits per heavy atom.